The maximum absolute atomic E-state index is 12.1. The molecule has 0 aliphatic carbocycles. The first-order valence-corrected chi connectivity index (χ1v) is 10.4. The highest BCUT2D eigenvalue weighted by Gasteiger charge is 2.47. The average molecular weight is 344 g/mol. The first kappa shape index (κ1) is 20.8. The Labute approximate surface area is 147 Å². The molecule has 136 valence electrons. The maximum Gasteiger partial charge on any atom is 0.324 e. The fourth-order valence-corrected chi connectivity index (χ4v) is 4.75. The third-order valence-electron chi connectivity index (χ3n) is 4.76. The molecule has 1 N–H and O–H groups in total. The summed E-state index contributed by atoms with van der Waals surface area (Å²) in [5, 5.41) is 3.88. The zero-order valence-corrected chi connectivity index (χ0v) is 16.6. The minimum Gasteiger partial charge on any atom is -0.465 e. The fraction of sp³-hybridized carbons (Fsp3) is 0.947. The summed E-state index contributed by atoms with van der Waals surface area (Å²) in [6.45, 7) is 11.2. The predicted octanol–water partition coefficient (Wildman–Crippen LogP) is 5.14. The lowest BCUT2D eigenvalue weighted by molar-refractivity contribution is -0.146. The lowest BCUT2D eigenvalue weighted by atomic mass is 9.99. The van der Waals surface area contributed by atoms with Gasteiger partial charge < -0.3 is 4.74 Å². The standard InChI is InChI=1S/C19H37NO2S/c1-6-8-9-10-11-12-13-14-15(3)17-20-16(18(21)22-7-2)19(4,5)23-17/h15-17,20H,6-14H2,1-5H3/t15?,16-,17?/m0/s1. The van der Waals surface area contributed by atoms with E-state index >= 15 is 0 Å². The first-order valence-electron chi connectivity index (χ1n) is 9.52. The van der Waals surface area contributed by atoms with Crippen molar-refractivity contribution in [2.45, 2.75) is 102 Å². The topological polar surface area (TPSA) is 38.3 Å². The summed E-state index contributed by atoms with van der Waals surface area (Å²) in [6, 6.07) is -0.186. The van der Waals surface area contributed by atoms with Crippen molar-refractivity contribution in [2.75, 3.05) is 6.61 Å². The number of unbranched alkanes of at least 4 members (excludes halogenated alkanes) is 6. The Hall–Kier alpha value is -0.220. The minimum absolute atomic E-state index is 0.0919. The van der Waals surface area contributed by atoms with E-state index in [9.17, 15) is 4.79 Å². The molecule has 1 aliphatic rings. The van der Waals surface area contributed by atoms with Gasteiger partial charge in [-0.15, -0.1) is 11.8 Å². The Balaban J connectivity index is 2.29. The lowest BCUT2D eigenvalue weighted by Gasteiger charge is -2.23. The van der Waals surface area contributed by atoms with Crippen LogP contribution < -0.4 is 5.32 Å². The van der Waals surface area contributed by atoms with E-state index < -0.39 is 0 Å². The molecule has 0 bridgehead atoms. The van der Waals surface area contributed by atoms with E-state index in [2.05, 4.69) is 33.0 Å². The number of esters is 1. The number of ether oxygens (including phenoxy) is 1. The van der Waals surface area contributed by atoms with E-state index in [0.717, 1.165) is 0 Å². The van der Waals surface area contributed by atoms with Crippen molar-refractivity contribution in [3.8, 4) is 0 Å². The van der Waals surface area contributed by atoms with E-state index in [1.54, 1.807) is 0 Å². The van der Waals surface area contributed by atoms with Gasteiger partial charge in [0.1, 0.15) is 6.04 Å². The van der Waals surface area contributed by atoms with Crippen LogP contribution in [0.15, 0.2) is 0 Å². The van der Waals surface area contributed by atoms with Crippen LogP contribution in [0.5, 0.6) is 0 Å². The third kappa shape index (κ3) is 7.04. The Bertz CT molecular complexity index is 346. The van der Waals surface area contributed by atoms with Gasteiger partial charge >= 0.3 is 5.97 Å². The van der Waals surface area contributed by atoms with E-state index in [4.69, 9.17) is 4.74 Å². The second-order valence-electron chi connectivity index (χ2n) is 7.38. The summed E-state index contributed by atoms with van der Waals surface area (Å²) in [7, 11) is 0. The van der Waals surface area contributed by atoms with Crippen molar-refractivity contribution >= 4 is 17.7 Å². The Morgan fingerprint density at radius 2 is 1.74 bits per heavy atom. The first-order chi connectivity index (χ1) is 10.9. The average Bonchev–Trinajstić information content (AvgIpc) is 2.82. The molecular weight excluding hydrogens is 306 g/mol. The molecule has 1 saturated heterocycles. The van der Waals surface area contributed by atoms with Crippen molar-refractivity contribution in [3.05, 3.63) is 0 Å². The van der Waals surface area contributed by atoms with Crippen molar-refractivity contribution in [2.24, 2.45) is 5.92 Å². The molecule has 1 aliphatic heterocycles. The van der Waals surface area contributed by atoms with E-state index in [1.807, 2.05) is 18.7 Å². The van der Waals surface area contributed by atoms with Crippen LogP contribution in [-0.4, -0.2) is 28.7 Å². The predicted molar refractivity (Wildman–Crippen MR) is 101 cm³/mol. The molecule has 23 heavy (non-hydrogen) atoms. The zero-order valence-electron chi connectivity index (χ0n) is 15.8. The van der Waals surface area contributed by atoms with Crippen LogP contribution in [0.4, 0.5) is 0 Å². The quantitative estimate of drug-likeness (QED) is 0.416. The summed E-state index contributed by atoms with van der Waals surface area (Å²) >= 11 is 1.90. The SMILES string of the molecule is CCCCCCCCCC(C)C1N[C@@H](C(=O)OCC)C(C)(C)S1. The van der Waals surface area contributed by atoms with Gasteiger partial charge in [0.25, 0.3) is 0 Å². The van der Waals surface area contributed by atoms with Crippen molar-refractivity contribution in [1.82, 2.24) is 5.32 Å². The van der Waals surface area contributed by atoms with Gasteiger partial charge in [0.05, 0.1) is 12.0 Å². The highest BCUT2D eigenvalue weighted by molar-refractivity contribution is 8.01. The number of thioether (sulfide) groups is 1. The maximum atomic E-state index is 12.1. The number of hydrogen-bond acceptors (Lipinski definition) is 4. The van der Waals surface area contributed by atoms with Gasteiger partial charge in [0.15, 0.2) is 0 Å². The minimum atomic E-state index is -0.186. The molecule has 0 radical (unpaired) electrons. The summed E-state index contributed by atoms with van der Waals surface area (Å²) in [5.74, 6) is 0.491. The number of nitrogens with one attached hydrogen (secondary N) is 1. The summed E-state index contributed by atoms with van der Waals surface area (Å²) in [5.41, 5.74) is 0. The van der Waals surface area contributed by atoms with Gasteiger partial charge in [-0.2, -0.15) is 0 Å². The molecule has 0 spiro atoms. The van der Waals surface area contributed by atoms with Gasteiger partial charge in [0, 0.05) is 4.75 Å². The second kappa shape index (κ2) is 10.6. The second-order valence-corrected chi connectivity index (χ2v) is 9.18. The third-order valence-corrected chi connectivity index (χ3v) is 6.46. The Kier molecular flexibility index (Phi) is 9.60. The molecule has 0 aromatic carbocycles. The monoisotopic (exact) mass is 343 g/mol. The molecule has 0 aromatic rings. The van der Waals surface area contributed by atoms with Crippen LogP contribution >= 0.6 is 11.8 Å². The fourth-order valence-electron chi connectivity index (χ4n) is 3.23. The Morgan fingerprint density at radius 3 is 2.35 bits per heavy atom. The van der Waals surface area contributed by atoms with Gasteiger partial charge in [-0.05, 0) is 33.1 Å². The molecule has 3 nitrogen and oxygen atoms in total. The van der Waals surface area contributed by atoms with Crippen LogP contribution in [0.2, 0.25) is 0 Å². The van der Waals surface area contributed by atoms with E-state index in [0.29, 0.717) is 17.9 Å². The van der Waals surface area contributed by atoms with Crippen LogP contribution in [0, 0.1) is 5.92 Å². The van der Waals surface area contributed by atoms with Gasteiger partial charge in [-0.1, -0.05) is 58.8 Å². The molecule has 0 aromatic heterocycles. The number of hydrogen-bond donors (Lipinski definition) is 1. The molecule has 3 atom stereocenters. The van der Waals surface area contributed by atoms with Crippen molar-refractivity contribution in [1.29, 1.82) is 0 Å². The van der Waals surface area contributed by atoms with Crippen molar-refractivity contribution in [3.63, 3.8) is 0 Å². The molecular formula is C19H37NO2S. The molecule has 4 heteroatoms. The van der Waals surface area contributed by atoms with Gasteiger partial charge in [-0.3, -0.25) is 10.1 Å². The molecule has 0 saturated carbocycles. The Morgan fingerprint density at radius 1 is 1.13 bits per heavy atom. The summed E-state index contributed by atoms with van der Waals surface area (Å²) < 4.78 is 5.13. The molecule has 1 heterocycles. The molecule has 1 fully saturated rings. The number of carbonyl (C=O) groups is 1. The van der Waals surface area contributed by atoms with Gasteiger partial charge in [-0.25, -0.2) is 0 Å². The molecule has 1 rings (SSSR count). The molecule has 0 amide bonds. The van der Waals surface area contributed by atoms with Crippen LogP contribution in [-0.2, 0) is 9.53 Å². The summed E-state index contributed by atoms with van der Waals surface area (Å²) in [6.07, 6.45) is 10.7. The number of rotatable bonds is 11. The van der Waals surface area contributed by atoms with E-state index in [-0.39, 0.29) is 16.8 Å². The van der Waals surface area contributed by atoms with E-state index in [1.165, 1.54) is 51.4 Å². The smallest absolute Gasteiger partial charge is 0.324 e. The lowest BCUT2D eigenvalue weighted by Crippen LogP contribution is -2.46. The van der Waals surface area contributed by atoms with Crippen LogP contribution in [0.1, 0.15) is 86.0 Å². The number of carbonyl (C=O) groups excluding carboxylic acids is 1. The normalized spacial score (nSPS) is 24.6. The van der Waals surface area contributed by atoms with Crippen LogP contribution in [0.25, 0.3) is 0 Å². The van der Waals surface area contributed by atoms with Crippen molar-refractivity contribution < 1.29 is 9.53 Å². The molecule has 2 unspecified atom stereocenters. The zero-order chi connectivity index (χ0) is 17.3. The highest BCUT2D eigenvalue weighted by Crippen LogP contribution is 2.42. The van der Waals surface area contributed by atoms with Crippen LogP contribution in [0.3, 0.4) is 0 Å². The summed E-state index contributed by atoms with van der Waals surface area (Å²) in [4.78, 5) is 12.1. The largest absolute Gasteiger partial charge is 0.465 e. The van der Waals surface area contributed by atoms with Gasteiger partial charge in [0.2, 0.25) is 0 Å². The highest BCUT2D eigenvalue weighted by atomic mass is 32.2.